The second-order valence-corrected chi connectivity index (χ2v) is 3.72. The van der Waals surface area contributed by atoms with Gasteiger partial charge in [-0.1, -0.05) is 0 Å². The normalized spacial score (nSPS) is 10.0. The van der Waals surface area contributed by atoms with Gasteiger partial charge in [0.25, 0.3) is 0 Å². The van der Waals surface area contributed by atoms with E-state index >= 15 is 0 Å². The second-order valence-electron chi connectivity index (χ2n) is 3.72. The smallest absolute Gasteiger partial charge is 0.341 e. The quantitative estimate of drug-likeness (QED) is 0.791. The molecule has 1 aromatic carbocycles. The Morgan fingerprint density at radius 1 is 1.05 bits per heavy atom. The van der Waals surface area contributed by atoms with Crippen LogP contribution in [0.15, 0.2) is 45.6 Å². The van der Waals surface area contributed by atoms with Crippen LogP contribution in [0.1, 0.15) is 10.4 Å². The number of carbonyl (C=O) groups excluding carboxylic acids is 1. The average Bonchev–Trinajstić information content (AvgIpc) is 2.46. The van der Waals surface area contributed by atoms with E-state index in [9.17, 15) is 9.59 Å². The van der Waals surface area contributed by atoms with Crippen LogP contribution in [0.25, 0.3) is 11.3 Å². The summed E-state index contributed by atoms with van der Waals surface area (Å²) in [6.07, 6.45) is 0. The van der Waals surface area contributed by atoms with Gasteiger partial charge in [0.2, 0.25) is 0 Å². The van der Waals surface area contributed by atoms with Crippen molar-refractivity contribution in [1.29, 1.82) is 0 Å². The van der Waals surface area contributed by atoms with Gasteiger partial charge in [-0.25, -0.2) is 9.59 Å². The van der Waals surface area contributed by atoms with Crippen LogP contribution in [0.4, 0.5) is 0 Å². The molecule has 0 aliphatic heterocycles. The zero-order valence-corrected chi connectivity index (χ0v) is 10.5. The molecule has 0 saturated heterocycles. The highest BCUT2D eigenvalue weighted by Gasteiger charge is 2.16. The Balaban J connectivity index is 2.55. The lowest BCUT2D eigenvalue weighted by Crippen LogP contribution is -2.07. The molecule has 19 heavy (non-hydrogen) atoms. The second kappa shape index (κ2) is 5.39. The lowest BCUT2D eigenvalue weighted by Gasteiger charge is -2.06. The molecule has 5 heteroatoms. The molecule has 98 valence electrons. The zero-order chi connectivity index (χ0) is 13.8. The van der Waals surface area contributed by atoms with Crippen molar-refractivity contribution in [2.45, 2.75) is 0 Å². The molecule has 0 fully saturated rings. The fourth-order valence-electron chi connectivity index (χ4n) is 1.64. The SMILES string of the molecule is COC(=O)c1ccc(=O)oc1-c1ccc(OC)cc1. The van der Waals surface area contributed by atoms with Gasteiger partial charge in [-0.15, -0.1) is 0 Å². The number of hydrogen-bond donors (Lipinski definition) is 0. The van der Waals surface area contributed by atoms with Crippen molar-refractivity contribution in [2.24, 2.45) is 0 Å². The number of ether oxygens (including phenoxy) is 2. The fourth-order valence-corrected chi connectivity index (χ4v) is 1.64. The minimum absolute atomic E-state index is 0.182. The van der Waals surface area contributed by atoms with Gasteiger partial charge in [0.15, 0.2) is 5.76 Å². The maximum Gasteiger partial charge on any atom is 0.341 e. The van der Waals surface area contributed by atoms with E-state index in [1.165, 1.54) is 19.2 Å². The van der Waals surface area contributed by atoms with Gasteiger partial charge in [-0.05, 0) is 30.3 Å². The van der Waals surface area contributed by atoms with E-state index in [2.05, 4.69) is 4.74 Å². The number of carbonyl (C=O) groups is 1. The molecule has 5 nitrogen and oxygen atoms in total. The topological polar surface area (TPSA) is 65.7 Å². The Bertz CT molecular complexity index is 640. The number of rotatable bonds is 3. The Morgan fingerprint density at radius 2 is 1.74 bits per heavy atom. The number of hydrogen-bond acceptors (Lipinski definition) is 5. The summed E-state index contributed by atoms with van der Waals surface area (Å²) >= 11 is 0. The maximum atomic E-state index is 11.6. The van der Waals surface area contributed by atoms with Crippen molar-refractivity contribution < 1.29 is 18.7 Å². The molecule has 0 aliphatic rings. The first-order valence-electron chi connectivity index (χ1n) is 5.52. The van der Waals surface area contributed by atoms with Crippen molar-refractivity contribution >= 4 is 5.97 Å². The lowest BCUT2D eigenvalue weighted by molar-refractivity contribution is 0.0599. The fraction of sp³-hybridized carbons (Fsp3) is 0.143. The highest BCUT2D eigenvalue weighted by Crippen LogP contribution is 2.25. The molecule has 1 aromatic heterocycles. The molecule has 1 heterocycles. The van der Waals surface area contributed by atoms with Crippen LogP contribution in [-0.2, 0) is 4.74 Å². The van der Waals surface area contributed by atoms with E-state index in [0.717, 1.165) is 0 Å². The van der Waals surface area contributed by atoms with Crippen molar-refractivity contribution in [1.82, 2.24) is 0 Å². The standard InChI is InChI=1S/C14H12O5/c1-17-10-5-3-9(4-6-10)13-11(14(16)18-2)7-8-12(15)19-13/h3-8H,1-2H3. The number of esters is 1. The predicted molar refractivity (Wildman–Crippen MR) is 68.3 cm³/mol. The van der Waals surface area contributed by atoms with Gasteiger partial charge >= 0.3 is 11.6 Å². The minimum atomic E-state index is -0.561. The monoisotopic (exact) mass is 260 g/mol. The molecule has 0 N–H and O–H groups in total. The Kier molecular flexibility index (Phi) is 3.66. The van der Waals surface area contributed by atoms with Crippen LogP contribution in [-0.4, -0.2) is 20.2 Å². The third-order valence-corrected chi connectivity index (χ3v) is 2.59. The molecular formula is C14H12O5. The number of benzene rings is 1. The Morgan fingerprint density at radius 3 is 2.32 bits per heavy atom. The van der Waals surface area contributed by atoms with Crippen LogP contribution >= 0.6 is 0 Å². The van der Waals surface area contributed by atoms with Crippen LogP contribution in [0.3, 0.4) is 0 Å². The van der Waals surface area contributed by atoms with Gasteiger partial charge in [0.05, 0.1) is 14.2 Å². The van der Waals surface area contributed by atoms with Crippen molar-refractivity contribution in [3.63, 3.8) is 0 Å². The third-order valence-electron chi connectivity index (χ3n) is 2.59. The van der Waals surface area contributed by atoms with Gasteiger partial charge in [0, 0.05) is 11.6 Å². The molecule has 0 aliphatic carbocycles. The average molecular weight is 260 g/mol. The molecule has 0 saturated carbocycles. The maximum absolute atomic E-state index is 11.6. The summed E-state index contributed by atoms with van der Waals surface area (Å²) < 4.78 is 14.8. The molecule has 0 unspecified atom stereocenters. The summed E-state index contributed by atoms with van der Waals surface area (Å²) in [6.45, 7) is 0. The zero-order valence-electron chi connectivity index (χ0n) is 10.5. The molecule has 2 aromatic rings. The summed E-state index contributed by atoms with van der Waals surface area (Å²) in [5.41, 5.74) is 0.268. The largest absolute Gasteiger partial charge is 0.497 e. The van der Waals surface area contributed by atoms with E-state index in [1.807, 2.05) is 0 Å². The van der Waals surface area contributed by atoms with Crippen molar-refractivity contribution in [2.75, 3.05) is 14.2 Å². The Hall–Kier alpha value is -2.56. The third kappa shape index (κ3) is 2.65. The summed E-state index contributed by atoms with van der Waals surface area (Å²) in [4.78, 5) is 22.9. The van der Waals surface area contributed by atoms with Crippen LogP contribution in [0, 0.1) is 0 Å². The van der Waals surface area contributed by atoms with E-state index in [1.54, 1.807) is 31.4 Å². The first-order valence-corrected chi connectivity index (χ1v) is 5.52. The molecule has 0 atom stereocenters. The molecular weight excluding hydrogens is 248 g/mol. The van der Waals surface area contributed by atoms with E-state index < -0.39 is 11.6 Å². The highest BCUT2D eigenvalue weighted by atomic mass is 16.5. The van der Waals surface area contributed by atoms with E-state index in [0.29, 0.717) is 11.3 Å². The first-order chi connectivity index (χ1) is 9.15. The van der Waals surface area contributed by atoms with Gasteiger partial charge in [-0.2, -0.15) is 0 Å². The van der Waals surface area contributed by atoms with Crippen molar-refractivity contribution in [3.05, 3.63) is 52.4 Å². The van der Waals surface area contributed by atoms with E-state index in [-0.39, 0.29) is 11.3 Å². The van der Waals surface area contributed by atoms with Gasteiger partial charge < -0.3 is 13.9 Å². The summed E-state index contributed by atoms with van der Waals surface area (Å²) in [5, 5.41) is 0. The number of methoxy groups -OCH3 is 2. The predicted octanol–water partition coefficient (Wildman–Crippen LogP) is 2.10. The molecule has 2 rings (SSSR count). The first kappa shape index (κ1) is 12.9. The molecule has 0 amide bonds. The van der Waals surface area contributed by atoms with Crippen molar-refractivity contribution in [3.8, 4) is 17.1 Å². The molecule has 0 radical (unpaired) electrons. The molecule has 0 bridgehead atoms. The Labute approximate surface area is 109 Å². The van der Waals surface area contributed by atoms with E-state index in [4.69, 9.17) is 9.15 Å². The van der Waals surface area contributed by atoms with Crippen LogP contribution in [0.5, 0.6) is 5.75 Å². The summed E-state index contributed by atoms with van der Waals surface area (Å²) in [7, 11) is 2.82. The summed E-state index contributed by atoms with van der Waals surface area (Å²) in [5.74, 6) is 0.290. The summed E-state index contributed by atoms with van der Waals surface area (Å²) in [6, 6.07) is 9.39. The highest BCUT2D eigenvalue weighted by molar-refractivity contribution is 5.95. The molecule has 0 spiro atoms. The van der Waals surface area contributed by atoms with Crippen LogP contribution in [0.2, 0.25) is 0 Å². The van der Waals surface area contributed by atoms with Crippen LogP contribution < -0.4 is 10.4 Å². The minimum Gasteiger partial charge on any atom is -0.497 e. The lowest BCUT2D eigenvalue weighted by atomic mass is 10.1. The van der Waals surface area contributed by atoms with Gasteiger partial charge in [0.1, 0.15) is 11.3 Å². The van der Waals surface area contributed by atoms with Gasteiger partial charge in [-0.3, -0.25) is 0 Å².